The molecule has 0 fully saturated rings. The van der Waals surface area contributed by atoms with Crippen molar-refractivity contribution in [2.45, 2.75) is 34.2 Å². The van der Waals surface area contributed by atoms with Gasteiger partial charge < -0.3 is 10.1 Å². The maximum atomic E-state index is 13.0. The van der Waals surface area contributed by atoms with Crippen LogP contribution in [0.5, 0.6) is 5.75 Å². The summed E-state index contributed by atoms with van der Waals surface area (Å²) in [4.78, 5) is 17.9. The van der Waals surface area contributed by atoms with Crippen molar-refractivity contribution < 1.29 is 9.53 Å². The summed E-state index contributed by atoms with van der Waals surface area (Å²) in [7, 11) is 0. The predicted molar refractivity (Wildman–Crippen MR) is 120 cm³/mol. The van der Waals surface area contributed by atoms with Gasteiger partial charge in [0.25, 0.3) is 5.91 Å². The topological polar surface area (TPSA) is 69.0 Å². The van der Waals surface area contributed by atoms with E-state index in [9.17, 15) is 4.79 Å². The largest absolute Gasteiger partial charge is 0.493 e. The average molecular weight is 402 g/mol. The predicted octanol–water partition coefficient (Wildman–Crippen LogP) is 5.20. The van der Waals surface area contributed by atoms with Crippen LogP contribution in [0.15, 0.2) is 48.5 Å². The molecule has 0 radical (unpaired) electrons. The number of carbonyl (C=O) groups excluding carboxylic acids is 1. The van der Waals surface area contributed by atoms with E-state index in [1.54, 1.807) is 12.1 Å². The van der Waals surface area contributed by atoms with Crippen LogP contribution in [0.1, 0.15) is 36.7 Å². The van der Waals surface area contributed by atoms with Crippen LogP contribution in [-0.4, -0.2) is 27.3 Å². The lowest BCUT2D eigenvalue weighted by Crippen LogP contribution is -2.15. The molecule has 6 nitrogen and oxygen atoms in total. The molecule has 1 N–H and O–H groups in total. The molecule has 4 rings (SSSR count). The SMILES string of the molecule is CCOc1ccccc1C(=O)Nc1nn(CC(C)C)c2nc3cc(C)ccc3cc12. The lowest BCUT2D eigenvalue weighted by molar-refractivity contribution is 0.102. The maximum Gasteiger partial charge on any atom is 0.260 e. The van der Waals surface area contributed by atoms with Gasteiger partial charge in [-0.25, -0.2) is 9.67 Å². The monoisotopic (exact) mass is 402 g/mol. The van der Waals surface area contributed by atoms with E-state index in [1.165, 1.54) is 0 Å². The van der Waals surface area contributed by atoms with Gasteiger partial charge in [-0.15, -0.1) is 0 Å². The fraction of sp³-hybridized carbons (Fsp3) is 0.292. The van der Waals surface area contributed by atoms with Gasteiger partial charge in [0.15, 0.2) is 11.5 Å². The zero-order chi connectivity index (χ0) is 21.3. The number of ether oxygens (including phenoxy) is 1. The highest BCUT2D eigenvalue weighted by molar-refractivity contribution is 6.10. The molecule has 0 unspecified atom stereocenters. The molecule has 2 aromatic carbocycles. The summed E-state index contributed by atoms with van der Waals surface area (Å²) in [6.45, 7) is 9.43. The molecule has 0 saturated heterocycles. The van der Waals surface area contributed by atoms with Crippen molar-refractivity contribution in [3.8, 4) is 5.75 Å². The van der Waals surface area contributed by atoms with Crippen molar-refractivity contribution in [3.05, 3.63) is 59.7 Å². The second kappa shape index (κ2) is 8.14. The highest BCUT2D eigenvalue weighted by Crippen LogP contribution is 2.28. The van der Waals surface area contributed by atoms with E-state index in [4.69, 9.17) is 14.8 Å². The number of nitrogens with zero attached hydrogens (tertiary/aromatic N) is 3. The number of rotatable bonds is 6. The first-order chi connectivity index (χ1) is 14.5. The number of amides is 1. The lowest BCUT2D eigenvalue weighted by atomic mass is 10.1. The van der Waals surface area contributed by atoms with E-state index < -0.39 is 0 Å². The Hall–Kier alpha value is -3.41. The van der Waals surface area contributed by atoms with Crippen LogP contribution in [0.2, 0.25) is 0 Å². The Morgan fingerprint density at radius 2 is 1.97 bits per heavy atom. The van der Waals surface area contributed by atoms with E-state index in [2.05, 4.69) is 38.2 Å². The third kappa shape index (κ3) is 3.85. The Kier molecular flexibility index (Phi) is 5.40. The quantitative estimate of drug-likeness (QED) is 0.481. The third-order valence-corrected chi connectivity index (χ3v) is 4.87. The minimum absolute atomic E-state index is 0.251. The third-order valence-electron chi connectivity index (χ3n) is 4.87. The molecule has 0 aliphatic rings. The van der Waals surface area contributed by atoms with Gasteiger partial charge in [-0.1, -0.05) is 38.1 Å². The maximum absolute atomic E-state index is 13.0. The fourth-order valence-electron chi connectivity index (χ4n) is 3.54. The van der Waals surface area contributed by atoms with Gasteiger partial charge in [0.05, 0.1) is 23.1 Å². The lowest BCUT2D eigenvalue weighted by Gasteiger charge is -2.09. The number of nitrogens with one attached hydrogen (secondary N) is 1. The summed E-state index contributed by atoms with van der Waals surface area (Å²) in [5.41, 5.74) is 3.34. The zero-order valence-electron chi connectivity index (χ0n) is 17.8. The van der Waals surface area contributed by atoms with Crippen LogP contribution in [0.3, 0.4) is 0 Å². The number of benzene rings is 2. The summed E-state index contributed by atoms with van der Waals surface area (Å²) in [6, 6.07) is 15.5. The molecule has 0 bridgehead atoms. The van der Waals surface area contributed by atoms with Gasteiger partial charge in [0.1, 0.15) is 5.75 Å². The van der Waals surface area contributed by atoms with Gasteiger partial charge in [0, 0.05) is 11.9 Å². The van der Waals surface area contributed by atoms with Gasteiger partial charge in [-0.2, -0.15) is 5.10 Å². The fourth-order valence-corrected chi connectivity index (χ4v) is 3.54. The van der Waals surface area contributed by atoms with E-state index in [-0.39, 0.29) is 5.91 Å². The van der Waals surface area contributed by atoms with E-state index in [0.717, 1.165) is 27.5 Å². The van der Waals surface area contributed by atoms with Crippen LogP contribution < -0.4 is 10.1 Å². The highest BCUT2D eigenvalue weighted by atomic mass is 16.5. The van der Waals surface area contributed by atoms with Crippen LogP contribution in [-0.2, 0) is 6.54 Å². The zero-order valence-corrected chi connectivity index (χ0v) is 17.8. The number of aromatic nitrogens is 3. The second-order valence-electron chi connectivity index (χ2n) is 7.86. The van der Waals surface area contributed by atoms with Crippen molar-refractivity contribution >= 4 is 33.7 Å². The number of pyridine rings is 1. The second-order valence-corrected chi connectivity index (χ2v) is 7.86. The van der Waals surface area contributed by atoms with Crippen molar-refractivity contribution in [1.29, 1.82) is 0 Å². The molecule has 30 heavy (non-hydrogen) atoms. The van der Waals surface area contributed by atoms with E-state index in [1.807, 2.05) is 35.9 Å². The Labute approximate surface area is 175 Å². The molecule has 6 heteroatoms. The molecule has 154 valence electrons. The molecule has 0 atom stereocenters. The van der Waals surface area contributed by atoms with Gasteiger partial charge in [0.2, 0.25) is 0 Å². The molecule has 2 heterocycles. The first kappa shape index (κ1) is 19.9. The molecule has 4 aromatic rings. The van der Waals surface area contributed by atoms with Gasteiger partial charge >= 0.3 is 0 Å². The molecular formula is C24H26N4O2. The molecule has 0 aliphatic heterocycles. The van der Waals surface area contributed by atoms with Crippen LogP contribution in [0.25, 0.3) is 21.9 Å². The number of para-hydroxylation sites is 1. The average Bonchev–Trinajstić information content (AvgIpc) is 3.02. The number of aryl methyl sites for hydroxylation is 1. The van der Waals surface area contributed by atoms with Crippen LogP contribution >= 0.6 is 0 Å². The first-order valence-electron chi connectivity index (χ1n) is 10.3. The Bertz CT molecular complexity index is 1230. The Morgan fingerprint density at radius 3 is 2.73 bits per heavy atom. The van der Waals surface area contributed by atoms with Gasteiger partial charge in [-0.3, -0.25) is 4.79 Å². The first-order valence-corrected chi connectivity index (χ1v) is 10.3. The number of hydrogen-bond acceptors (Lipinski definition) is 4. The molecular weight excluding hydrogens is 376 g/mol. The van der Waals surface area contributed by atoms with E-state index in [0.29, 0.717) is 36.2 Å². The minimum atomic E-state index is -0.251. The standard InChI is InChI=1S/C24H26N4O2/c1-5-30-21-9-7-6-8-18(21)24(29)26-22-19-13-17-11-10-16(4)12-20(17)25-23(19)28(27-22)14-15(2)3/h6-13,15H,5,14H2,1-4H3,(H,26,27,29). The molecule has 0 aliphatic carbocycles. The highest BCUT2D eigenvalue weighted by Gasteiger charge is 2.19. The summed E-state index contributed by atoms with van der Waals surface area (Å²) >= 11 is 0. The number of anilines is 1. The van der Waals surface area contributed by atoms with Crippen LogP contribution in [0, 0.1) is 12.8 Å². The number of carbonyl (C=O) groups is 1. The van der Waals surface area contributed by atoms with E-state index >= 15 is 0 Å². The normalized spacial score (nSPS) is 11.4. The minimum Gasteiger partial charge on any atom is -0.493 e. The molecule has 1 amide bonds. The molecule has 2 aromatic heterocycles. The summed E-state index contributed by atoms with van der Waals surface area (Å²) in [6.07, 6.45) is 0. The number of fused-ring (bicyclic) bond motifs is 2. The van der Waals surface area contributed by atoms with Crippen molar-refractivity contribution in [1.82, 2.24) is 14.8 Å². The van der Waals surface area contributed by atoms with Crippen molar-refractivity contribution in [2.75, 3.05) is 11.9 Å². The molecule has 0 saturated carbocycles. The summed E-state index contributed by atoms with van der Waals surface area (Å²) < 4.78 is 7.49. The smallest absolute Gasteiger partial charge is 0.260 e. The van der Waals surface area contributed by atoms with Crippen LogP contribution in [0.4, 0.5) is 5.82 Å². The summed E-state index contributed by atoms with van der Waals surface area (Å²) in [5, 5.41) is 9.52. The summed E-state index contributed by atoms with van der Waals surface area (Å²) in [5.74, 6) is 1.21. The Morgan fingerprint density at radius 1 is 1.17 bits per heavy atom. The van der Waals surface area contributed by atoms with Crippen molar-refractivity contribution in [3.63, 3.8) is 0 Å². The number of hydrogen-bond donors (Lipinski definition) is 1. The Balaban J connectivity index is 1.80. The molecule has 0 spiro atoms. The van der Waals surface area contributed by atoms with Gasteiger partial charge in [-0.05, 0) is 49.6 Å². The van der Waals surface area contributed by atoms with Crippen molar-refractivity contribution in [2.24, 2.45) is 5.92 Å².